The molecule has 1 aromatic carbocycles. The van der Waals surface area contributed by atoms with E-state index < -0.39 is 16.4 Å². The molecule has 0 atom stereocenters. The molecule has 10 nitrogen and oxygen atoms in total. The molecular formula is C16H15N5O5. The van der Waals surface area contributed by atoms with Crippen LogP contribution >= 0.6 is 0 Å². The first-order valence-electron chi connectivity index (χ1n) is 7.46. The SMILES string of the molecule is CCn1c(O)c(N=Nc2ccc(OC)cc2[N+](=O)[O-])c(C)c(C#N)c1=O. The van der Waals surface area contributed by atoms with E-state index in [1.54, 1.807) is 13.0 Å². The minimum Gasteiger partial charge on any atom is -0.496 e. The van der Waals surface area contributed by atoms with Crippen molar-refractivity contribution in [3.63, 3.8) is 0 Å². The molecule has 2 aromatic rings. The fourth-order valence-corrected chi connectivity index (χ4v) is 2.32. The number of ether oxygens (including phenoxy) is 1. The van der Waals surface area contributed by atoms with Crippen LogP contribution in [0.15, 0.2) is 33.2 Å². The summed E-state index contributed by atoms with van der Waals surface area (Å²) in [5.41, 5.74) is -1.19. The van der Waals surface area contributed by atoms with Gasteiger partial charge in [0.2, 0.25) is 5.88 Å². The zero-order chi connectivity index (χ0) is 19.4. The van der Waals surface area contributed by atoms with E-state index in [1.807, 2.05) is 0 Å². The minimum atomic E-state index is -0.642. The quantitative estimate of drug-likeness (QED) is 0.495. The number of nitrogens with zero attached hydrogens (tertiary/aromatic N) is 5. The number of aromatic nitrogens is 1. The highest BCUT2D eigenvalue weighted by atomic mass is 16.6. The third kappa shape index (κ3) is 3.23. The van der Waals surface area contributed by atoms with Crippen molar-refractivity contribution in [1.82, 2.24) is 4.57 Å². The lowest BCUT2D eigenvalue weighted by Crippen LogP contribution is -2.23. The molecule has 0 saturated carbocycles. The molecule has 1 aromatic heterocycles. The van der Waals surface area contributed by atoms with Crippen LogP contribution in [-0.2, 0) is 6.54 Å². The molecule has 0 aliphatic heterocycles. The molecule has 0 unspecified atom stereocenters. The van der Waals surface area contributed by atoms with Crippen molar-refractivity contribution < 1.29 is 14.8 Å². The Bertz CT molecular complexity index is 1000. The number of aromatic hydroxyl groups is 1. The number of nitriles is 1. The van der Waals surface area contributed by atoms with Crippen molar-refractivity contribution in [3.8, 4) is 17.7 Å². The van der Waals surface area contributed by atoms with E-state index in [9.17, 15) is 25.3 Å². The first-order valence-corrected chi connectivity index (χ1v) is 7.46. The highest BCUT2D eigenvalue weighted by molar-refractivity contribution is 5.62. The highest BCUT2D eigenvalue weighted by Gasteiger charge is 2.19. The first-order chi connectivity index (χ1) is 12.3. The number of hydrogen-bond acceptors (Lipinski definition) is 8. The summed E-state index contributed by atoms with van der Waals surface area (Å²) in [5, 5.41) is 38.3. The zero-order valence-corrected chi connectivity index (χ0v) is 14.3. The summed E-state index contributed by atoms with van der Waals surface area (Å²) < 4.78 is 5.92. The lowest BCUT2D eigenvalue weighted by Gasteiger charge is -2.11. The Hall–Kier alpha value is -3.74. The van der Waals surface area contributed by atoms with Crippen LogP contribution in [-0.4, -0.2) is 21.7 Å². The van der Waals surface area contributed by atoms with E-state index in [-0.39, 0.29) is 40.5 Å². The Morgan fingerprint density at radius 1 is 1.42 bits per heavy atom. The van der Waals surface area contributed by atoms with E-state index >= 15 is 0 Å². The molecule has 0 saturated heterocycles. The average Bonchev–Trinajstić information content (AvgIpc) is 2.62. The fraction of sp³-hybridized carbons (Fsp3) is 0.250. The second kappa shape index (κ2) is 7.43. The van der Waals surface area contributed by atoms with Gasteiger partial charge in [0.05, 0.1) is 18.1 Å². The maximum absolute atomic E-state index is 12.1. The molecule has 1 heterocycles. The first kappa shape index (κ1) is 18.6. The van der Waals surface area contributed by atoms with Crippen LogP contribution in [0.4, 0.5) is 17.1 Å². The van der Waals surface area contributed by atoms with Gasteiger partial charge in [-0.3, -0.25) is 19.5 Å². The van der Waals surface area contributed by atoms with Crippen molar-refractivity contribution in [1.29, 1.82) is 5.26 Å². The molecule has 134 valence electrons. The lowest BCUT2D eigenvalue weighted by molar-refractivity contribution is -0.384. The van der Waals surface area contributed by atoms with Gasteiger partial charge in [-0.05, 0) is 26.0 Å². The monoisotopic (exact) mass is 357 g/mol. The van der Waals surface area contributed by atoms with Gasteiger partial charge in [0, 0.05) is 12.1 Å². The van der Waals surface area contributed by atoms with Crippen LogP contribution in [0, 0.1) is 28.4 Å². The number of pyridine rings is 1. The van der Waals surface area contributed by atoms with Gasteiger partial charge in [-0.25, -0.2) is 0 Å². The molecule has 26 heavy (non-hydrogen) atoms. The Labute approximate surface area is 147 Å². The normalized spacial score (nSPS) is 10.7. The molecule has 0 amide bonds. The molecule has 0 fully saturated rings. The van der Waals surface area contributed by atoms with Gasteiger partial charge >= 0.3 is 0 Å². The molecule has 1 N–H and O–H groups in total. The number of hydrogen-bond donors (Lipinski definition) is 1. The average molecular weight is 357 g/mol. The number of azo groups is 1. The van der Waals surface area contributed by atoms with Crippen LogP contribution < -0.4 is 10.3 Å². The number of nitro benzene ring substituents is 1. The van der Waals surface area contributed by atoms with Crippen molar-refractivity contribution >= 4 is 17.1 Å². The van der Waals surface area contributed by atoms with Crippen molar-refractivity contribution in [2.75, 3.05) is 7.11 Å². The van der Waals surface area contributed by atoms with Crippen LogP contribution in [0.3, 0.4) is 0 Å². The summed E-state index contributed by atoms with van der Waals surface area (Å²) >= 11 is 0. The van der Waals surface area contributed by atoms with Crippen molar-refractivity contribution in [2.45, 2.75) is 20.4 Å². The van der Waals surface area contributed by atoms with Gasteiger partial charge in [0.25, 0.3) is 11.2 Å². The van der Waals surface area contributed by atoms with E-state index in [0.717, 1.165) is 4.57 Å². The predicted octanol–water partition coefficient (Wildman–Crippen LogP) is 3.09. The second-order valence-electron chi connectivity index (χ2n) is 5.15. The van der Waals surface area contributed by atoms with Gasteiger partial charge in [0.15, 0.2) is 11.4 Å². The topological polar surface area (TPSA) is 143 Å². The highest BCUT2D eigenvalue weighted by Crippen LogP contribution is 2.35. The van der Waals surface area contributed by atoms with Gasteiger partial charge < -0.3 is 9.84 Å². The Morgan fingerprint density at radius 3 is 2.65 bits per heavy atom. The smallest absolute Gasteiger partial charge is 0.300 e. The summed E-state index contributed by atoms with van der Waals surface area (Å²) in [6.07, 6.45) is 0. The van der Waals surface area contributed by atoms with Crippen molar-refractivity contribution in [2.24, 2.45) is 10.2 Å². The summed E-state index contributed by atoms with van der Waals surface area (Å²) in [7, 11) is 1.37. The van der Waals surface area contributed by atoms with E-state index in [1.165, 1.54) is 32.2 Å². The fourth-order valence-electron chi connectivity index (χ4n) is 2.32. The third-order valence-corrected chi connectivity index (χ3v) is 3.72. The second-order valence-corrected chi connectivity index (χ2v) is 5.15. The molecule has 0 spiro atoms. The van der Waals surface area contributed by atoms with Gasteiger partial charge in [0.1, 0.15) is 17.4 Å². The van der Waals surface area contributed by atoms with E-state index in [2.05, 4.69) is 10.2 Å². The summed E-state index contributed by atoms with van der Waals surface area (Å²) in [4.78, 5) is 22.7. The van der Waals surface area contributed by atoms with Crippen LogP contribution in [0.1, 0.15) is 18.1 Å². The number of methoxy groups -OCH3 is 1. The predicted molar refractivity (Wildman–Crippen MR) is 91.3 cm³/mol. The lowest BCUT2D eigenvalue weighted by atomic mass is 10.1. The summed E-state index contributed by atoms with van der Waals surface area (Å²) in [6.45, 7) is 3.17. The Kier molecular flexibility index (Phi) is 5.32. The van der Waals surface area contributed by atoms with Crippen LogP contribution in [0.5, 0.6) is 11.6 Å². The summed E-state index contributed by atoms with van der Waals surface area (Å²) in [6, 6.07) is 5.78. The van der Waals surface area contributed by atoms with Crippen LogP contribution in [0.25, 0.3) is 0 Å². The van der Waals surface area contributed by atoms with Gasteiger partial charge in [-0.2, -0.15) is 5.26 Å². The maximum atomic E-state index is 12.1. The molecule has 0 radical (unpaired) electrons. The number of nitro groups is 1. The molecule has 10 heteroatoms. The van der Waals surface area contributed by atoms with Gasteiger partial charge in [-0.15, -0.1) is 10.2 Å². The molecule has 0 aliphatic carbocycles. The van der Waals surface area contributed by atoms with Crippen LogP contribution in [0.2, 0.25) is 0 Å². The zero-order valence-electron chi connectivity index (χ0n) is 14.3. The molecule has 0 bridgehead atoms. The number of rotatable bonds is 5. The molecule has 0 aliphatic rings. The van der Waals surface area contributed by atoms with Crippen molar-refractivity contribution in [3.05, 3.63) is 49.8 Å². The Morgan fingerprint density at radius 2 is 2.12 bits per heavy atom. The number of benzene rings is 1. The molecular weight excluding hydrogens is 342 g/mol. The minimum absolute atomic E-state index is 0.0673. The third-order valence-electron chi connectivity index (χ3n) is 3.72. The van der Waals surface area contributed by atoms with Gasteiger partial charge in [-0.1, -0.05) is 0 Å². The summed E-state index contributed by atoms with van der Waals surface area (Å²) in [5.74, 6) is -0.185. The standard InChI is InChI=1S/C16H15N5O5/c1-4-20-15(22)11(8-17)9(2)14(16(20)23)19-18-12-6-5-10(26-3)7-13(12)21(24)25/h5-7,23H,4H2,1-3H3. The maximum Gasteiger partial charge on any atom is 0.300 e. The largest absolute Gasteiger partial charge is 0.496 e. The van der Waals surface area contributed by atoms with E-state index in [4.69, 9.17) is 4.74 Å². The molecule has 2 rings (SSSR count). The Balaban J connectivity index is 2.65. The van der Waals surface area contributed by atoms with E-state index in [0.29, 0.717) is 0 Å².